The minimum absolute atomic E-state index is 0.299. The maximum absolute atomic E-state index is 12.1. The van der Waals surface area contributed by atoms with Crippen LogP contribution in [-0.4, -0.2) is 25.1 Å². The third-order valence-electron chi connectivity index (χ3n) is 3.27. The Labute approximate surface area is 147 Å². The molecule has 0 fully saturated rings. The highest BCUT2D eigenvalue weighted by atomic mass is 16.5. The third kappa shape index (κ3) is 5.49. The summed E-state index contributed by atoms with van der Waals surface area (Å²) in [6, 6.07) is 14.1. The van der Waals surface area contributed by atoms with E-state index in [0.29, 0.717) is 24.5 Å². The largest absolute Gasteiger partial charge is 0.493 e. The number of para-hydroxylation sites is 1. The second kappa shape index (κ2) is 9.27. The van der Waals surface area contributed by atoms with Crippen molar-refractivity contribution in [2.75, 3.05) is 18.5 Å². The van der Waals surface area contributed by atoms with Crippen LogP contribution in [0.25, 0.3) is 6.08 Å². The minimum atomic E-state index is -0.417. The van der Waals surface area contributed by atoms with E-state index in [1.807, 2.05) is 31.2 Å². The van der Waals surface area contributed by atoms with Crippen LogP contribution in [0.4, 0.5) is 5.69 Å². The van der Waals surface area contributed by atoms with Gasteiger partial charge in [-0.3, -0.25) is 4.79 Å². The normalized spacial score (nSPS) is 10.5. The summed E-state index contributed by atoms with van der Waals surface area (Å²) in [6.07, 6.45) is 3.12. The second-order valence-electron chi connectivity index (χ2n) is 5.09. The first-order chi connectivity index (χ1) is 12.1. The van der Waals surface area contributed by atoms with Crippen molar-refractivity contribution in [3.8, 4) is 5.75 Å². The van der Waals surface area contributed by atoms with Crippen LogP contribution in [0, 0.1) is 0 Å². The van der Waals surface area contributed by atoms with Crippen LogP contribution in [0.2, 0.25) is 0 Å². The molecule has 130 valence electrons. The molecule has 2 aromatic carbocycles. The zero-order valence-electron chi connectivity index (χ0n) is 14.3. The topological polar surface area (TPSA) is 64.6 Å². The maximum Gasteiger partial charge on any atom is 0.338 e. The monoisotopic (exact) mass is 339 g/mol. The van der Waals surface area contributed by atoms with Crippen molar-refractivity contribution in [3.05, 3.63) is 65.7 Å². The summed E-state index contributed by atoms with van der Waals surface area (Å²) in [5, 5.41) is 2.73. The molecule has 5 heteroatoms. The second-order valence-corrected chi connectivity index (χ2v) is 5.09. The highest BCUT2D eigenvalue weighted by molar-refractivity contribution is 6.02. The molecule has 0 aliphatic carbocycles. The highest BCUT2D eigenvalue weighted by Crippen LogP contribution is 2.19. The molecule has 0 saturated heterocycles. The Bertz CT molecular complexity index is 768. The molecule has 1 amide bonds. The van der Waals surface area contributed by atoms with Crippen LogP contribution < -0.4 is 10.1 Å². The average molecular weight is 339 g/mol. The van der Waals surface area contributed by atoms with Crippen LogP contribution in [-0.2, 0) is 9.53 Å². The van der Waals surface area contributed by atoms with E-state index in [-0.39, 0.29) is 5.91 Å². The van der Waals surface area contributed by atoms with Gasteiger partial charge in [0.15, 0.2) is 0 Å². The Hall–Kier alpha value is -3.08. The van der Waals surface area contributed by atoms with Crippen molar-refractivity contribution in [2.45, 2.75) is 13.8 Å². The summed E-state index contributed by atoms with van der Waals surface area (Å²) in [7, 11) is 0. The van der Waals surface area contributed by atoms with E-state index in [1.165, 1.54) is 6.08 Å². The standard InChI is InChI=1S/C20H21NO4/c1-3-24-18-11-6-5-8-15(18)12-13-19(22)21-17-10-7-9-16(14-17)20(23)25-4-2/h5-14H,3-4H2,1-2H3,(H,21,22)/b13-12+. The van der Waals surface area contributed by atoms with Gasteiger partial charge in [-0.1, -0.05) is 24.3 Å². The van der Waals surface area contributed by atoms with E-state index in [0.717, 1.165) is 11.3 Å². The van der Waals surface area contributed by atoms with Gasteiger partial charge in [-0.05, 0) is 44.2 Å². The van der Waals surface area contributed by atoms with E-state index >= 15 is 0 Å². The Balaban J connectivity index is 2.05. The number of hydrogen-bond acceptors (Lipinski definition) is 4. The van der Waals surface area contributed by atoms with E-state index < -0.39 is 5.97 Å². The lowest BCUT2D eigenvalue weighted by molar-refractivity contribution is -0.111. The molecule has 0 aliphatic heterocycles. The van der Waals surface area contributed by atoms with Gasteiger partial charge in [-0.2, -0.15) is 0 Å². The number of carbonyl (C=O) groups excluding carboxylic acids is 2. The van der Waals surface area contributed by atoms with Gasteiger partial charge in [0.2, 0.25) is 5.91 Å². The highest BCUT2D eigenvalue weighted by Gasteiger charge is 2.07. The molecular weight excluding hydrogens is 318 g/mol. The number of rotatable bonds is 7. The van der Waals surface area contributed by atoms with E-state index in [9.17, 15) is 9.59 Å². The summed E-state index contributed by atoms with van der Waals surface area (Å²) < 4.78 is 10.5. The predicted octanol–water partition coefficient (Wildman–Crippen LogP) is 3.91. The number of hydrogen-bond donors (Lipinski definition) is 1. The summed E-state index contributed by atoms with van der Waals surface area (Å²) >= 11 is 0. The van der Waals surface area contributed by atoms with Gasteiger partial charge in [0.25, 0.3) is 0 Å². The lowest BCUT2D eigenvalue weighted by Gasteiger charge is -2.07. The molecule has 0 spiro atoms. The summed E-state index contributed by atoms with van der Waals surface area (Å²) in [6.45, 7) is 4.51. The zero-order valence-corrected chi connectivity index (χ0v) is 14.3. The van der Waals surface area contributed by atoms with Gasteiger partial charge >= 0.3 is 5.97 Å². The Morgan fingerprint density at radius 1 is 1.04 bits per heavy atom. The summed E-state index contributed by atoms with van der Waals surface area (Å²) in [5.74, 6) is 0.00505. The molecule has 2 aromatic rings. The number of anilines is 1. The average Bonchev–Trinajstić information content (AvgIpc) is 2.62. The molecule has 0 unspecified atom stereocenters. The molecule has 0 aliphatic rings. The SMILES string of the molecule is CCOC(=O)c1cccc(NC(=O)/C=C/c2ccccc2OCC)c1. The smallest absolute Gasteiger partial charge is 0.338 e. The van der Waals surface area contributed by atoms with Crippen LogP contribution in [0.5, 0.6) is 5.75 Å². The number of amides is 1. The van der Waals surface area contributed by atoms with Gasteiger partial charge < -0.3 is 14.8 Å². The Morgan fingerprint density at radius 2 is 1.84 bits per heavy atom. The fourth-order valence-corrected chi connectivity index (χ4v) is 2.19. The molecule has 0 saturated carbocycles. The third-order valence-corrected chi connectivity index (χ3v) is 3.27. The molecule has 25 heavy (non-hydrogen) atoms. The quantitative estimate of drug-likeness (QED) is 0.613. The van der Waals surface area contributed by atoms with E-state index in [4.69, 9.17) is 9.47 Å². The molecule has 0 aromatic heterocycles. The number of ether oxygens (including phenoxy) is 2. The van der Waals surface area contributed by atoms with Crippen molar-refractivity contribution in [1.29, 1.82) is 0 Å². The first-order valence-electron chi connectivity index (χ1n) is 8.12. The van der Waals surface area contributed by atoms with E-state index in [2.05, 4.69) is 5.32 Å². The van der Waals surface area contributed by atoms with E-state index in [1.54, 1.807) is 37.3 Å². The Kier molecular flexibility index (Phi) is 6.77. The molecule has 0 atom stereocenters. The molecule has 0 radical (unpaired) electrons. The van der Waals surface area contributed by atoms with Gasteiger partial charge in [-0.15, -0.1) is 0 Å². The van der Waals surface area contributed by atoms with Gasteiger partial charge in [0.05, 0.1) is 18.8 Å². The van der Waals surface area contributed by atoms with Crippen molar-refractivity contribution >= 4 is 23.6 Å². The first kappa shape index (κ1) is 18.3. The first-order valence-corrected chi connectivity index (χ1v) is 8.12. The lowest BCUT2D eigenvalue weighted by atomic mass is 10.2. The van der Waals surface area contributed by atoms with Crippen molar-refractivity contribution in [2.24, 2.45) is 0 Å². The minimum Gasteiger partial charge on any atom is -0.493 e. The number of benzene rings is 2. The fourth-order valence-electron chi connectivity index (χ4n) is 2.19. The van der Waals surface area contributed by atoms with Gasteiger partial charge in [0.1, 0.15) is 5.75 Å². The van der Waals surface area contributed by atoms with Gasteiger partial charge in [-0.25, -0.2) is 4.79 Å². The number of carbonyl (C=O) groups is 2. The maximum atomic E-state index is 12.1. The van der Waals surface area contributed by atoms with Crippen LogP contribution in [0.15, 0.2) is 54.6 Å². The molecule has 0 bridgehead atoms. The predicted molar refractivity (Wildman–Crippen MR) is 97.7 cm³/mol. The molecule has 5 nitrogen and oxygen atoms in total. The summed E-state index contributed by atoms with van der Waals surface area (Å²) in [5.41, 5.74) is 1.74. The molecular formula is C20H21NO4. The summed E-state index contributed by atoms with van der Waals surface area (Å²) in [4.78, 5) is 23.8. The lowest BCUT2D eigenvalue weighted by Crippen LogP contribution is -2.09. The molecule has 0 heterocycles. The van der Waals surface area contributed by atoms with Crippen LogP contribution in [0.3, 0.4) is 0 Å². The molecule has 1 N–H and O–H groups in total. The van der Waals surface area contributed by atoms with Crippen LogP contribution in [0.1, 0.15) is 29.8 Å². The van der Waals surface area contributed by atoms with Crippen molar-refractivity contribution in [1.82, 2.24) is 0 Å². The fraction of sp³-hybridized carbons (Fsp3) is 0.200. The van der Waals surface area contributed by atoms with Crippen molar-refractivity contribution in [3.63, 3.8) is 0 Å². The van der Waals surface area contributed by atoms with Crippen LogP contribution >= 0.6 is 0 Å². The van der Waals surface area contributed by atoms with Gasteiger partial charge in [0, 0.05) is 17.3 Å². The number of nitrogens with one attached hydrogen (secondary N) is 1. The Morgan fingerprint density at radius 3 is 2.60 bits per heavy atom. The van der Waals surface area contributed by atoms with Crippen molar-refractivity contribution < 1.29 is 19.1 Å². The number of esters is 1. The molecule has 2 rings (SSSR count). The zero-order chi connectivity index (χ0) is 18.1.